The molecular weight excluding hydrogens is 407 g/mol. The molecule has 1 N–H and O–H groups in total. The molecule has 1 aliphatic rings. The Morgan fingerprint density at radius 3 is 2.17 bits per heavy atom. The maximum Gasteiger partial charge on any atom is 0.412 e. The fourth-order valence-corrected chi connectivity index (χ4v) is 2.36. The zero-order valence-electron chi connectivity index (χ0n) is 15.8. The lowest BCUT2D eigenvalue weighted by atomic mass is 10.2. The number of ether oxygens (including phenoxy) is 3. The molecule has 162 valence electrons. The number of rotatable bonds is 3. The van der Waals surface area contributed by atoms with Gasteiger partial charge in [0.2, 0.25) is 34.8 Å². The van der Waals surface area contributed by atoms with Crippen LogP contribution in [0.3, 0.4) is 0 Å². The molecule has 1 aliphatic heterocycles. The third-order valence-corrected chi connectivity index (χ3v) is 3.61. The molecule has 1 heterocycles. The molecule has 12 heteroatoms. The SMILES string of the molecule is CC(C)(C)OC(=O)N1CCCOC1CNC(=O)Oc1c(F)c(F)c(F)c(F)c1F. The summed E-state index contributed by atoms with van der Waals surface area (Å²) in [4.78, 5) is 25.2. The van der Waals surface area contributed by atoms with Crippen molar-refractivity contribution in [2.75, 3.05) is 19.7 Å². The topological polar surface area (TPSA) is 77.1 Å². The first-order valence-corrected chi connectivity index (χ1v) is 8.50. The Hall–Kier alpha value is -2.63. The monoisotopic (exact) mass is 426 g/mol. The van der Waals surface area contributed by atoms with Gasteiger partial charge in [-0.15, -0.1) is 0 Å². The fourth-order valence-electron chi connectivity index (χ4n) is 2.36. The highest BCUT2D eigenvalue weighted by atomic mass is 19.2. The van der Waals surface area contributed by atoms with Gasteiger partial charge in [-0.25, -0.2) is 22.8 Å². The van der Waals surface area contributed by atoms with E-state index in [-0.39, 0.29) is 19.7 Å². The summed E-state index contributed by atoms with van der Waals surface area (Å²) in [7, 11) is 0. The van der Waals surface area contributed by atoms with Crippen LogP contribution >= 0.6 is 0 Å². The Labute approximate surface area is 162 Å². The molecule has 2 rings (SSSR count). The van der Waals surface area contributed by atoms with Crippen molar-refractivity contribution in [3.8, 4) is 5.75 Å². The van der Waals surface area contributed by atoms with Gasteiger partial charge in [-0.1, -0.05) is 0 Å². The normalized spacial score (nSPS) is 17.1. The second-order valence-electron chi connectivity index (χ2n) is 7.02. The largest absolute Gasteiger partial charge is 0.444 e. The van der Waals surface area contributed by atoms with Gasteiger partial charge in [-0.05, 0) is 27.2 Å². The maximum absolute atomic E-state index is 13.6. The lowest BCUT2D eigenvalue weighted by Crippen LogP contribution is -2.53. The van der Waals surface area contributed by atoms with Crippen LogP contribution in [0.5, 0.6) is 5.75 Å². The van der Waals surface area contributed by atoms with Crippen LogP contribution in [0.4, 0.5) is 31.5 Å². The second kappa shape index (κ2) is 8.80. The molecule has 29 heavy (non-hydrogen) atoms. The molecule has 2 amide bonds. The zero-order chi connectivity index (χ0) is 21.9. The van der Waals surface area contributed by atoms with Crippen molar-refractivity contribution in [2.24, 2.45) is 0 Å². The van der Waals surface area contributed by atoms with Crippen LogP contribution in [-0.4, -0.2) is 48.6 Å². The molecule has 1 unspecified atom stereocenters. The number of carbonyl (C=O) groups excluding carboxylic acids is 2. The van der Waals surface area contributed by atoms with Crippen molar-refractivity contribution in [3.63, 3.8) is 0 Å². The van der Waals surface area contributed by atoms with E-state index < -0.39 is 58.9 Å². The number of hydrogen-bond donors (Lipinski definition) is 1. The third-order valence-electron chi connectivity index (χ3n) is 3.61. The Balaban J connectivity index is 2.04. The maximum atomic E-state index is 13.6. The average Bonchev–Trinajstić information content (AvgIpc) is 2.65. The first-order chi connectivity index (χ1) is 13.4. The van der Waals surface area contributed by atoms with E-state index in [1.807, 2.05) is 5.32 Å². The highest BCUT2D eigenvalue weighted by Gasteiger charge is 2.32. The number of amides is 2. The minimum absolute atomic E-state index is 0.258. The highest BCUT2D eigenvalue weighted by molar-refractivity contribution is 5.71. The molecule has 0 aliphatic carbocycles. The summed E-state index contributed by atoms with van der Waals surface area (Å²) in [5.41, 5.74) is -0.781. The number of hydrogen-bond acceptors (Lipinski definition) is 5. The van der Waals surface area contributed by atoms with E-state index in [9.17, 15) is 31.5 Å². The second-order valence-corrected chi connectivity index (χ2v) is 7.02. The highest BCUT2D eigenvalue weighted by Crippen LogP contribution is 2.29. The van der Waals surface area contributed by atoms with Gasteiger partial charge in [0, 0.05) is 6.54 Å². The number of carbonyl (C=O) groups is 2. The van der Waals surface area contributed by atoms with Crippen molar-refractivity contribution in [1.29, 1.82) is 0 Å². The van der Waals surface area contributed by atoms with Gasteiger partial charge in [-0.2, -0.15) is 8.78 Å². The minimum atomic E-state index is -2.38. The summed E-state index contributed by atoms with van der Waals surface area (Å²) in [6, 6.07) is 0. The predicted molar refractivity (Wildman–Crippen MR) is 87.6 cm³/mol. The van der Waals surface area contributed by atoms with Crippen molar-refractivity contribution in [1.82, 2.24) is 10.2 Å². The Bertz CT molecular complexity index is 770. The summed E-state index contributed by atoms with van der Waals surface area (Å²) < 4.78 is 81.3. The van der Waals surface area contributed by atoms with Crippen LogP contribution in [0.15, 0.2) is 0 Å². The summed E-state index contributed by atoms with van der Waals surface area (Å²) >= 11 is 0. The average molecular weight is 426 g/mol. The van der Waals surface area contributed by atoms with E-state index in [2.05, 4.69) is 4.74 Å². The summed E-state index contributed by atoms with van der Waals surface area (Å²) in [5.74, 6) is -13.2. The first kappa shape index (κ1) is 22.7. The fraction of sp³-hybridized carbons (Fsp3) is 0.529. The van der Waals surface area contributed by atoms with Crippen LogP contribution in [0.25, 0.3) is 0 Å². The van der Waals surface area contributed by atoms with Gasteiger partial charge in [0.1, 0.15) is 5.60 Å². The van der Waals surface area contributed by atoms with E-state index in [1.54, 1.807) is 20.8 Å². The predicted octanol–water partition coefficient (Wildman–Crippen LogP) is 3.45. The number of benzene rings is 1. The quantitative estimate of drug-likeness (QED) is 0.455. The van der Waals surface area contributed by atoms with Gasteiger partial charge in [0.25, 0.3) is 0 Å². The molecule has 1 saturated heterocycles. The van der Waals surface area contributed by atoms with Gasteiger partial charge in [0.05, 0.1) is 13.2 Å². The number of nitrogens with one attached hydrogen (secondary N) is 1. The van der Waals surface area contributed by atoms with E-state index in [0.717, 1.165) is 0 Å². The van der Waals surface area contributed by atoms with E-state index in [0.29, 0.717) is 6.42 Å². The standard InChI is InChI=1S/C17H19F5N2O5/c1-17(2,3)29-16(26)24-5-4-6-27-8(24)7-23-15(25)28-14-12(21)10(19)9(18)11(20)13(14)22/h8H,4-7H2,1-3H3,(H,23,25). The molecule has 1 atom stereocenters. The van der Waals surface area contributed by atoms with Crippen molar-refractivity contribution in [2.45, 2.75) is 39.0 Å². The molecule has 0 aromatic heterocycles. The van der Waals surface area contributed by atoms with Gasteiger partial charge in [-0.3, -0.25) is 4.90 Å². The van der Waals surface area contributed by atoms with Gasteiger partial charge < -0.3 is 19.5 Å². The molecule has 0 saturated carbocycles. The van der Waals surface area contributed by atoms with Gasteiger partial charge >= 0.3 is 12.2 Å². The molecule has 1 aromatic carbocycles. The zero-order valence-corrected chi connectivity index (χ0v) is 15.8. The van der Waals surface area contributed by atoms with Crippen molar-refractivity contribution in [3.05, 3.63) is 29.1 Å². The van der Waals surface area contributed by atoms with E-state index >= 15 is 0 Å². The van der Waals surface area contributed by atoms with Crippen LogP contribution in [0.2, 0.25) is 0 Å². The van der Waals surface area contributed by atoms with Crippen LogP contribution in [-0.2, 0) is 9.47 Å². The van der Waals surface area contributed by atoms with Crippen molar-refractivity contribution < 1.29 is 45.8 Å². The van der Waals surface area contributed by atoms with E-state index in [1.165, 1.54) is 4.90 Å². The van der Waals surface area contributed by atoms with Crippen molar-refractivity contribution >= 4 is 12.2 Å². The lowest BCUT2D eigenvalue weighted by molar-refractivity contribution is -0.0928. The molecule has 1 aromatic rings. The summed E-state index contributed by atoms with van der Waals surface area (Å²) in [5, 5.41) is 2.05. The van der Waals surface area contributed by atoms with Crippen LogP contribution in [0.1, 0.15) is 27.2 Å². The Morgan fingerprint density at radius 2 is 1.62 bits per heavy atom. The lowest BCUT2D eigenvalue weighted by Gasteiger charge is -2.36. The number of nitrogens with zero attached hydrogens (tertiary/aromatic N) is 1. The third kappa shape index (κ3) is 5.46. The first-order valence-electron chi connectivity index (χ1n) is 8.50. The van der Waals surface area contributed by atoms with Gasteiger partial charge in [0.15, 0.2) is 6.23 Å². The van der Waals surface area contributed by atoms with Crippen LogP contribution < -0.4 is 10.1 Å². The molecule has 7 nitrogen and oxygen atoms in total. The Morgan fingerprint density at radius 1 is 1.07 bits per heavy atom. The van der Waals surface area contributed by atoms with E-state index in [4.69, 9.17) is 9.47 Å². The minimum Gasteiger partial charge on any atom is -0.444 e. The molecule has 0 radical (unpaired) electrons. The van der Waals surface area contributed by atoms with Crippen LogP contribution in [0, 0.1) is 29.1 Å². The summed E-state index contributed by atoms with van der Waals surface area (Å²) in [6.45, 7) is 5.11. The Kier molecular flexibility index (Phi) is 6.88. The molecule has 1 fully saturated rings. The smallest absolute Gasteiger partial charge is 0.412 e. The molecular formula is C17H19F5N2O5. The summed E-state index contributed by atoms with van der Waals surface area (Å²) in [6.07, 6.45) is -2.70. The number of halogens is 5. The molecule has 0 spiro atoms. The molecule has 0 bridgehead atoms.